The van der Waals surface area contributed by atoms with Crippen molar-refractivity contribution in [3.8, 4) is 67.5 Å². The van der Waals surface area contributed by atoms with Crippen LogP contribution in [0.25, 0.3) is 100 Å². The highest BCUT2D eigenvalue weighted by atomic mass is 16.3. The number of benzene rings is 8. The Morgan fingerprint density at radius 2 is 0.717 bits per heavy atom. The molecule has 4 heteroatoms. The van der Waals surface area contributed by atoms with Crippen molar-refractivity contribution in [2.75, 3.05) is 0 Å². The quantitative estimate of drug-likeness (QED) is 0.176. The van der Waals surface area contributed by atoms with Gasteiger partial charge in [0.15, 0.2) is 17.5 Å². The molecule has 8 aromatic carbocycles. The average molecular weight is 678 g/mol. The summed E-state index contributed by atoms with van der Waals surface area (Å²) in [5, 5.41) is 4.47. The molecule has 2 aromatic heterocycles. The lowest BCUT2D eigenvalue weighted by Crippen LogP contribution is -2.00. The summed E-state index contributed by atoms with van der Waals surface area (Å²) in [6.45, 7) is 0. The maximum absolute atomic E-state index is 6.40. The molecule has 0 aliphatic rings. The number of nitrogens with zero attached hydrogens (tertiary/aromatic N) is 3. The summed E-state index contributed by atoms with van der Waals surface area (Å²) in [7, 11) is 0. The Bertz CT molecular complexity index is 2950. The topological polar surface area (TPSA) is 51.8 Å². The van der Waals surface area contributed by atoms with E-state index in [4.69, 9.17) is 19.4 Å². The van der Waals surface area contributed by atoms with Crippen LogP contribution in [0.1, 0.15) is 0 Å². The first-order valence-corrected chi connectivity index (χ1v) is 17.8. The SMILES string of the molecule is c1ccc(-c2cccc(-c3cccc(-c4nc(-c5ccccc5)nc(-c5cccc(-c6cccc7c6ccc6c8ccccc8oc76)c5)n4)c3)c2)cc1. The molecule has 53 heavy (non-hydrogen) atoms. The van der Waals surface area contributed by atoms with Crippen LogP contribution in [0.2, 0.25) is 0 Å². The fourth-order valence-corrected chi connectivity index (χ4v) is 7.32. The Labute approximate surface area is 306 Å². The van der Waals surface area contributed by atoms with Crippen LogP contribution in [0, 0.1) is 0 Å². The van der Waals surface area contributed by atoms with Crippen LogP contribution in [-0.4, -0.2) is 15.0 Å². The van der Waals surface area contributed by atoms with Crippen molar-refractivity contribution in [3.63, 3.8) is 0 Å². The first-order chi connectivity index (χ1) is 26.2. The van der Waals surface area contributed by atoms with Crippen molar-refractivity contribution in [2.45, 2.75) is 0 Å². The van der Waals surface area contributed by atoms with Gasteiger partial charge in [0.05, 0.1) is 0 Å². The van der Waals surface area contributed by atoms with Crippen LogP contribution in [0.3, 0.4) is 0 Å². The lowest BCUT2D eigenvalue weighted by molar-refractivity contribution is 0.672. The number of para-hydroxylation sites is 1. The third-order valence-electron chi connectivity index (χ3n) is 9.92. The maximum Gasteiger partial charge on any atom is 0.164 e. The second-order valence-corrected chi connectivity index (χ2v) is 13.2. The fourth-order valence-electron chi connectivity index (χ4n) is 7.32. The van der Waals surface area contributed by atoms with Crippen LogP contribution >= 0.6 is 0 Å². The molecular weight excluding hydrogens is 647 g/mol. The van der Waals surface area contributed by atoms with Gasteiger partial charge in [-0.15, -0.1) is 0 Å². The Hall–Kier alpha value is -7.17. The van der Waals surface area contributed by atoms with Gasteiger partial charge in [-0.1, -0.05) is 158 Å². The van der Waals surface area contributed by atoms with E-state index in [0.29, 0.717) is 17.5 Å². The molecule has 10 aromatic rings. The van der Waals surface area contributed by atoms with E-state index in [1.807, 2.05) is 48.5 Å². The monoisotopic (exact) mass is 677 g/mol. The van der Waals surface area contributed by atoms with Gasteiger partial charge in [-0.2, -0.15) is 0 Å². The molecule has 0 saturated heterocycles. The Morgan fingerprint density at radius 1 is 0.283 bits per heavy atom. The molecule has 0 N–H and O–H groups in total. The molecule has 10 rings (SSSR count). The lowest BCUT2D eigenvalue weighted by Gasteiger charge is -2.12. The van der Waals surface area contributed by atoms with E-state index in [1.165, 1.54) is 11.1 Å². The van der Waals surface area contributed by atoms with E-state index in [0.717, 1.165) is 71.7 Å². The third-order valence-corrected chi connectivity index (χ3v) is 9.92. The molecule has 0 radical (unpaired) electrons. The molecular formula is C49H31N3O. The molecule has 0 atom stereocenters. The van der Waals surface area contributed by atoms with Crippen molar-refractivity contribution in [1.29, 1.82) is 0 Å². The van der Waals surface area contributed by atoms with Crippen molar-refractivity contribution in [2.24, 2.45) is 0 Å². The minimum atomic E-state index is 0.618. The Morgan fingerprint density at radius 3 is 1.42 bits per heavy atom. The number of rotatable bonds is 6. The number of fused-ring (bicyclic) bond motifs is 5. The molecule has 0 fully saturated rings. The molecule has 0 saturated carbocycles. The second kappa shape index (κ2) is 12.9. The summed E-state index contributed by atoms with van der Waals surface area (Å²) in [5.41, 5.74) is 11.4. The number of furan rings is 1. The third kappa shape index (κ3) is 5.63. The van der Waals surface area contributed by atoms with E-state index < -0.39 is 0 Å². The molecule has 2 heterocycles. The van der Waals surface area contributed by atoms with Gasteiger partial charge < -0.3 is 4.42 Å². The summed E-state index contributed by atoms with van der Waals surface area (Å²) < 4.78 is 6.40. The van der Waals surface area contributed by atoms with E-state index in [9.17, 15) is 0 Å². The first kappa shape index (κ1) is 30.6. The minimum Gasteiger partial charge on any atom is -0.455 e. The van der Waals surface area contributed by atoms with E-state index in [-0.39, 0.29) is 0 Å². The summed E-state index contributed by atoms with van der Waals surface area (Å²) in [6.07, 6.45) is 0. The minimum absolute atomic E-state index is 0.618. The normalized spacial score (nSPS) is 11.4. The van der Waals surface area contributed by atoms with Crippen LogP contribution in [-0.2, 0) is 0 Å². The molecule has 0 amide bonds. The first-order valence-electron chi connectivity index (χ1n) is 17.8. The predicted molar refractivity (Wildman–Crippen MR) is 217 cm³/mol. The van der Waals surface area contributed by atoms with Crippen LogP contribution in [0.4, 0.5) is 0 Å². The highest BCUT2D eigenvalue weighted by molar-refractivity contribution is 6.17. The summed E-state index contributed by atoms with van der Waals surface area (Å²) in [4.78, 5) is 15.2. The van der Waals surface area contributed by atoms with Gasteiger partial charge >= 0.3 is 0 Å². The van der Waals surface area contributed by atoms with Crippen molar-refractivity contribution in [1.82, 2.24) is 15.0 Å². The Balaban J connectivity index is 1.08. The van der Waals surface area contributed by atoms with Crippen molar-refractivity contribution >= 4 is 32.7 Å². The molecule has 0 aliphatic carbocycles. The highest BCUT2D eigenvalue weighted by Gasteiger charge is 2.16. The number of hydrogen-bond acceptors (Lipinski definition) is 4. The molecule has 0 aliphatic heterocycles. The summed E-state index contributed by atoms with van der Waals surface area (Å²) in [6, 6.07) is 65.2. The maximum atomic E-state index is 6.40. The van der Waals surface area contributed by atoms with Gasteiger partial charge in [-0.3, -0.25) is 0 Å². The van der Waals surface area contributed by atoms with Gasteiger partial charge in [-0.25, -0.2) is 15.0 Å². The average Bonchev–Trinajstić information content (AvgIpc) is 3.63. The van der Waals surface area contributed by atoms with Gasteiger partial charge in [0.1, 0.15) is 11.2 Å². The van der Waals surface area contributed by atoms with Gasteiger partial charge in [0, 0.05) is 32.8 Å². The van der Waals surface area contributed by atoms with E-state index in [1.54, 1.807) is 0 Å². The van der Waals surface area contributed by atoms with Crippen molar-refractivity contribution < 1.29 is 4.42 Å². The predicted octanol–water partition coefficient (Wildman–Crippen LogP) is 12.9. The van der Waals surface area contributed by atoms with E-state index in [2.05, 4.69) is 140 Å². The Kier molecular flexibility index (Phi) is 7.43. The van der Waals surface area contributed by atoms with Gasteiger partial charge in [0.2, 0.25) is 0 Å². The molecule has 4 nitrogen and oxygen atoms in total. The fraction of sp³-hybridized carbons (Fsp3) is 0. The van der Waals surface area contributed by atoms with Gasteiger partial charge in [0.25, 0.3) is 0 Å². The lowest BCUT2D eigenvalue weighted by atomic mass is 9.95. The highest BCUT2D eigenvalue weighted by Crippen LogP contribution is 2.39. The van der Waals surface area contributed by atoms with Crippen molar-refractivity contribution in [3.05, 3.63) is 188 Å². The summed E-state index contributed by atoms with van der Waals surface area (Å²) >= 11 is 0. The largest absolute Gasteiger partial charge is 0.455 e. The summed E-state index contributed by atoms with van der Waals surface area (Å²) in [5.74, 6) is 1.87. The van der Waals surface area contributed by atoms with Crippen LogP contribution in [0.15, 0.2) is 192 Å². The standard InChI is InChI=1S/C49H31N3O/c1-3-13-32(14-4-1)34-17-9-18-35(29-34)36-19-10-21-38(30-36)48-50-47(33-15-5-2-6-16-33)51-49(52-48)39-22-11-20-37(31-39)40-24-12-25-43-41(40)27-28-44-42-23-7-8-26-45(42)53-46(43)44/h1-31H. The molecule has 0 spiro atoms. The molecule has 0 unspecified atom stereocenters. The van der Waals surface area contributed by atoms with Crippen LogP contribution in [0.5, 0.6) is 0 Å². The van der Waals surface area contributed by atoms with E-state index >= 15 is 0 Å². The number of hydrogen-bond donors (Lipinski definition) is 0. The zero-order valence-electron chi connectivity index (χ0n) is 28.6. The number of aromatic nitrogens is 3. The zero-order chi connectivity index (χ0) is 35.1. The molecule has 248 valence electrons. The van der Waals surface area contributed by atoms with Crippen LogP contribution < -0.4 is 0 Å². The zero-order valence-corrected chi connectivity index (χ0v) is 28.6. The second-order valence-electron chi connectivity index (χ2n) is 13.2. The smallest absolute Gasteiger partial charge is 0.164 e. The molecule has 0 bridgehead atoms. The van der Waals surface area contributed by atoms with Gasteiger partial charge in [-0.05, 0) is 69.1 Å².